The number of H-pyrrole nitrogens is 1. The fourth-order valence-electron chi connectivity index (χ4n) is 3.73. The summed E-state index contributed by atoms with van der Waals surface area (Å²) in [6.07, 6.45) is 4.49. The maximum Gasteiger partial charge on any atom is 0.326 e. The number of nitrogens with two attached hydrogens (primary N) is 5. The van der Waals surface area contributed by atoms with Crippen LogP contribution in [0.5, 0.6) is 0 Å². The zero-order valence-electron chi connectivity index (χ0n) is 23.5. The van der Waals surface area contributed by atoms with E-state index >= 15 is 0 Å². The molecule has 0 bridgehead atoms. The molecule has 3 amide bonds. The van der Waals surface area contributed by atoms with Crippen molar-refractivity contribution < 1.29 is 24.3 Å². The number of aliphatic carboxylic acids is 1. The van der Waals surface area contributed by atoms with E-state index in [9.17, 15) is 24.3 Å². The van der Waals surface area contributed by atoms with Gasteiger partial charge < -0.3 is 54.7 Å². The number of guanidine groups is 2. The summed E-state index contributed by atoms with van der Waals surface area (Å²) in [5, 5.41) is 17.4. The standard InChI is InChI=1S/C24H44N12O5/c1-3-13(2)18(36-19(37)15(25)6-4-8-31-23(26)27)21(39)35-17(10-14-11-30-12-33-14)20(38)34-16(22(40)41)7-5-9-32-24(28)29/h11-13,15-18H,3-10,25H2,1-2H3,(H,30,33)(H,34,38)(H,35,39)(H,36,37)(H,40,41)(H4,26,27,31)(H4,28,29,32). The molecule has 1 heterocycles. The fourth-order valence-corrected chi connectivity index (χ4v) is 3.73. The largest absolute Gasteiger partial charge is 0.480 e. The van der Waals surface area contributed by atoms with Crippen molar-refractivity contribution in [3.63, 3.8) is 0 Å². The normalized spacial score (nSPS) is 14.4. The molecule has 17 nitrogen and oxygen atoms in total. The van der Waals surface area contributed by atoms with E-state index < -0.39 is 47.9 Å². The second-order valence-electron chi connectivity index (χ2n) is 9.62. The number of hydrogen-bond donors (Lipinski definition) is 10. The second kappa shape index (κ2) is 18.0. The monoisotopic (exact) mass is 580 g/mol. The first-order valence-electron chi connectivity index (χ1n) is 13.3. The van der Waals surface area contributed by atoms with Crippen LogP contribution in [0.3, 0.4) is 0 Å². The van der Waals surface area contributed by atoms with E-state index in [-0.39, 0.29) is 43.6 Å². The van der Waals surface area contributed by atoms with E-state index in [1.54, 1.807) is 6.92 Å². The SMILES string of the molecule is CCC(C)C(NC(=O)C(N)CCCN=C(N)N)C(=O)NC(Cc1cnc[nH]1)C(=O)NC(CCCN=C(N)N)C(=O)O. The molecule has 5 atom stereocenters. The minimum Gasteiger partial charge on any atom is -0.480 e. The molecule has 0 aliphatic carbocycles. The van der Waals surface area contributed by atoms with Crippen molar-refractivity contribution in [2.75, 3.05) is 13.1 Å². The van der Waals surface area contributed by atoms with Gasteiger partial charge in [0.2, 0.25) is 17.7 Å². The van der Waals surface area contributed by atoms with Gasteiger partial charge in [0, 0.05) is 31.4 Å². The number of aliphatic imine (C=N–C) groups is 2. The number of imidazole rings is 1. The summed E-state index contributed by atoms with van der Waals surface area (Å²) in [6, 6.07) is -4.36. The summed E-state index contributed by atoms with van der Waals surface area (Å²) in [6.45, 7) is 4.11. The number of aromatic amines is 1. The Morgan fingerprint density at radius 1 is 0.927 bits per heavy atom. The number of carbonyl (C=O) groups excluding carboxylic acids is 3. The van der Waals surface area contributed by atoms with Gasteiger partial charge in [-0.1, -0.05) is 20.3 Å². The van der Waals surface area contributed by atoms with Crippen LogP contribution in [-0.4, -0.2) is 87.9 Å². The number of amides is 3. The first-order valence-corrected chi connectivity index (χ1v) is 13.3. The zero-order chi connectivity index (χ0) is 30.9. The molecule has 0 spiro atoms. The molecular formula is C24H44N12O5. The molecule has 15 N–H and O–H groups in total. The Labute approximate surface area is 238 Å². The third-order valence-electron chi connectivity index (χ3n) is 6.27. The highest BCUT2D eigenvalue weighted by molar-refractivity contribution is 5.94. The molecule has 5 unspecified atom stereocenters. The average molecular weight is 581 g/mol. The summed E-state index contributed by atoms with van der Waals surface area (Å²) in [5.41, 5.74) is 27.7. The first-order chi connectivity index (χ1) is 19.3. The Bertz CT molecular complexity index is 1040. The number of aromatic nitrogens is 2. The third-order valence-corrected chi connectivity index (χ3v) is 6.27. The van der Waals surface area contributed by atoms with E-state index in [0.29, 0.717) is 31.5 Å². The van der Waals surface area contributed by atoms with Crippen molar-refractivity contribution in [3.8, 4) is 0 Å². The predicted molar refractivity (Wildman–Crippen MR) is 153 cm³/mol. The molecule has 17 heteroatoms. The van der Waals surface area contributed by atoms with Gasteiger partial charge in [-0.3, -0.25) is 24.4 Å². The van der Waals surface area contributed by atoms with E-state index in [1.807, 2.05) is 6.92 Å². The van der Waals surface area contributed by atoms with Gasteiger partial charge in [0.15, 0.2) is 11.9 Å². The van der Waals surface area contributed by atoms with Crippen molar-refractivity contribution in [1.29, 1.82) is 0 Å². The van der Waals surface area contributed by atoms with Gasteiger partial charge in [-0.15, -0.1) is 0 Å². The van der Waals surface area contributed by atoms with Crippen molar-refractivity contribution in [2.24, 2.45) is 44.6 Å². The van der Waals surface area contributed by atoms with Crippen LogP contribution >= 0.6 is 0 Å². The fraction of sp³-hybridized carbons (Fsp3) is 0.625. The van der Waals surface area contributed by atoms with Gasteiger partial charge in [-0.05, 0) is 31.6 Å². The highest BCUT2D eigenvalue weighted by atomic mass is 16.4. The summed E-state index contributed by atoms with van der Waals surface area (Å²) < 4.78 is 0. The van der Waals surface area contributed by atoms with Crippen molar-refractivity contribution in [1.82, 2.24) is 25.9 Å². The molecule has 0 aliphatic heterocycles. The highest BCUT2D eigenvalue weighted by Gasteiger charge is 2.32. The lowest BCUT2D eigenvalue weighted by atomic mass is 9.96. The maximum absolute atomic E-state index is 13.4. The summed E-state index contributed by atoms with van der Waals surface area (Å²) in [4.78, 5) is 65.6. The molecule has 0 fully saturated rings. The first kappa shape index (κ1) is 34.6. The number of carbonyl (C=O) groups is 4. The Morgan fingerprint density at radius 2 is 1.51 bits per heavy atom. The smallest absolute Gasteiger partial charge is 0.326 e. The predicted octanol–water partition coefficient (Wildman–Crippen LogP) is -3.03. The molecule has 1 aromatic rings. The lowest BCUT2D eigenvalue weighted by Crippen LogP contribution is -2.59. The Morgan fingerprint density at radius 3 is 2.02 bits per heavy atom. The van der Waals surface area contributed by atoms with Crippen molar-refractivity contribution in [2.45, 2.75) is 76.5 Å². The van der Waals surface area contributed by atoms with Crippen LogP contribution in [0.25, 0.3) is 0 Å². The minimum atomic E-state index is -1.26. The van der Waals surface area contributed by atoms with Crippen LogP contribution in [0.4, 0.5) is 0 Å². The van der Waals surface area contributed by atoms with Gasteiger partial charge in [0.1, 0.15) is 18.1 Å². The van der Waals surface area contributed by atoms with E-state index in [4.69, 9.17) is 28.7 Å². The van der Waals surface area contributed by atoms with Crippen LogP contribution in [0.2, 0.25) is 0 Å². The number of carboxylic acid groups (broad SMARTS) is 1. The maximum atomic E-state index is 13.4. The van der Waals surface area contributed by atoms with E-state index in [0.717, 1.165) is 0 Å². The van der Waals surface area contributed by atoms with Gasteiger partial charge in [0.25, 0.3) is 0 Å². The second-order valence-corrected chi connectivity index (χ2v) is 9.62. The molecule has 0 saturated carbocycles. The third kappa shape index (κ3) is 13.5. The number of hydrogen-bond acceptors (Lipinski definition) is 8. The molecule has 0 radical (unpaired) electrons. The molecule has 41 heavy (non-hydrogen) atoms. The average Bonchev–Trinajstić information content (AvgIpc) is 3.42. The Kier molecular flexibility index (Phi) is 15.2. The summed E-state index contributed by atoms with van der Waals surface area (Å²) in [7, 11) is 0. The van der Waals surface area contributed by atoms with Gasteiger partial charge in [-0.2, -0.15) is 0 Å². The van der Waals surface area contributed by atoms with Crippen LogP contribution in [-0.2, 0) is 25.6 Å². The lowest BCUT2D eigenvalue weighted by molar-refractivity contribution is -0.142. The Balaban J connectivity index is 3.00. The number of rotatable bonds is 19. The topological polar surface area (TPSA) is 308 Å². The molecule has 0 aromatic carbocycles. The minimum absolute atomic E-state index is 0.0105. The summed E-state index contributed by atoms with van der Waals surface area (Å²) in [5.74, 6) is -3.66. The van der Waals surface area contributed by atoms with Crippen LogP contribution in [0, 0.1) is 5.92 Å². The van der Waals surface area contributed by atoms with Gasteiger partial charge >= 0.3 is 5.97 Å². The lowest BCUT2D eigenvalue weighted by Gasteiger charge is -2.28. The number of nitrogens with zero attached hydrogens (tertiary/aromatic N) is 3. The number of carboxylic acids is 1. The van der Waals surface area contributed by atoms with Crippen molar-refractivity contribution in [3.05, 3.63) is 18.2 Å². The number of nitrogens with one attached hydrogen (secondary N) is 4. The zero-order valence-corrected chi connectivity index (χ0v) is 23.5. The Hall–Kier alpha value is -4.41. The quantitative estimate of drug-likeness (QED) is 0.0445. The molecular weight excluding hydrogens is 536 g/mol. The van der Waals surface area contributed by atoms with Gasteiger partial charge in [-0.25, -0.2) is 9.78 Å². The summed E-state index contributed by atoms with van der Waals surface area (Å²) >= 11 is 0. The highest BCUT2D eigenvalue weighted by Crippen LogP contribution is 2.11. The van der Waals surface area contributed by atoms with E-state index in [2.05, 4.69) is 35.9 Å². The molecule has 1 rings (SSSR count). The molecule has 230 valence electrons. The molecule has 0 saturated heterocycles. The van der Waals surface area contributed by atoms with Crippen LogP contribution in [0.1, 0.15) is 51.6 Å². The van der Waals surface area contributed by atoms with Crippen LogP contribution < -0.4 is 44.6 Å². The van der Waals surface area contributed by atoms with Crippen LogP contribution in [0.15, 0.2) is 22.5 Å². The molecule has 1 aromatic heterocycles. The molecule has 0 aliphatic rings. The van der Waals surface area contributed by atoms with Gasteiger partial charge in [0.05, 0.1) is 12.4 Å². The van der Waals surface area contributed by atoms with Crippen molar-refractivity contribution >= 4 is 35.6 Å². The van der Waals surface area contributed by atoms with E-state index in [1.165, 1.54) is 12.5 Å².